The van der Waals surface area contributed by atoms with Crippen LogP contribution in [-0.2, 0) is 26.6 Å². The number of aromatic nitrogens is 3. The lowest BCUT2D eigenvalue weighted by Crippen LogP contribution is -2.67. The summed E-state index contributed by atoms with van der Waals surface area (Å²) in [6.07, 6.45) is 2.10. The fraction of sp³-hybridized carbons (Fsp3) is 0.684. The normalized spacial score (nSPS) is 32.5. The molecule has 0 bridgehead atoms. The van der Waals surface area contributed by atoms with E-state index < -0.39 is 5.85 Å². The van der Waals surface area contributed by atoms with Gasteiger partial charge in [0.2, 0.25) is 11.1 Å². The second-order valence-corrected chi connectivity index (χ2v) is 8.15. The summed E-state index contributed by atoms with van der Waals surface area (Å²) in [5.74, 6) is -0.665. The monoisotopic (exact) mass is 407 g/mol. The van der Waals surface area contributed by atoms with Gasteiger partial charge in [-0.2, -0.15) is 4.98 Å². The van der Waals surface area contributed by atoms with Gasteiger partial charge in [-0.25, -0.2) is 4.98 Å². The molecule has 0 radical (unpaired) electrons. The van der Waals surface area contributed by atoms with Crippen LogP contribution >= 0.6 is 11.6 Å². The summed E-state index contributed by atoms with van der Waals surface area (Å²) < 4.78 is 20.6. The van der Waals surface area contributed by atoms with Crippen LogP contribution in [-0.4, -0.2) is 82.5 Å². The highest BCUT2D eigenvalue weighted by Crippen LogP contribution is 2.41. The molecule has 2 unspecified atom stereocenters. The summed E-state index contributed by atoms with van der Waals surface area (Å²) in [4.78, 5) is 13.5. The van der Waals surface area contributed by atoms with E-state index in [0.29, 0.717) is 19.8 Å². The van der Waals surface area contributed by atoms with E-state index in [0.717, 1.165) is 49.5 Å². The lowest BCUT2D eigenvalue weighted by Gasteiger charge is -2.55. The van der Waals surface area contributed by atoms with Gasteiger partial charge in [0, 0.05) is 44.3 Å². The topological polar surface area (TPSA) is 64.9 Å². The van der Waals surface area contributed by atoms with E-state index in [1.165, 1.54) is 0 Å². The molecule has 0 amide bonds. The largest absolute Gasteiger partial charge is 0.376 e. The van der Waals surface area contributed by atoms with Gasteiger partial charge >= 0.3 is 0 Å². The Labute approximate surface area is 169 Å². The summed E-state index contributed by atoms with van der Waals surface area (Å²) >= 11 is 6.10. The van der Waals surface area contributed by atoms with Crippen molar-refractivity contribution in [3.8, 4) is 0 Å². The fourth-order valence-electron chi connectivity index (χ4n) is 4.76. The molecule has 0 aromatic carbocycles. The van der Waals surface area contributed by atoms with Gasteiger partial charge < -0.3 is 18.8 Å². The van der Waals surface area contributed by atoms with Crippen molar-refractivity contribution in [2.24, 2.45) is 0 Å². The lowest BCUT2D eigenvalue weighted by atomic mass is 10.1. The van der Waals surface area contributed by atoms with E-state index in [2.05, 4.69) is 44.2 Å². The Morgan fingerprint density at radius 3 is 2.36 bits per heavy atom. The summed E-state index contributed by atoms with van der Waals surface area (Å²) in [6.45, 7) is 10.2. The number of rotatable bonds is 2. The number of nitrogens with zero attached hydrogens (tertiary/aromatic N) is 5. The molecule has 152 valence electrons. The molecule has 5 heterocycles. The van der Waals surface area contributed by atoms with Crippen LogP contribution in [0, 0.1) is 0 Å². The highest BCUT2D eigenvalue weighted by atomic mass is 35.5. The number of morpholine rings is 2. The third kappa shape index (κ3) is 2.94. The van der Waals surface area contributed by atoms with Crippen molar-refractivity contribution in [1.29, 1.82) is 0 Å². The van der Waals surface area contributed by atoms with Crippen LogP contribution in [0.5, 0.6) is 0 Å². The van der Waals surface area contributed by atoms with Crippen molar-refractivity contribution < 1.29 is 14.2 Å². The van der Waals surface area contributed by atoms with E-state index in [-0.39, 0.29) is 17.5 Å². The first-order valence-electron chi connectivity index (χ1n) is 9.97. The van der Waals surface area contributed by atoms with Gasteiger partial charge in [-0.15, -0.1) is 0 Å². The molecule has 2 fully saturated rings. The van der Waals surface area contributed by atoms with Gasteiger partial charge in [0.1, 0.15) is 5.65 Å². The molecular weight excluding hydrogens is 382 g/mol. The zero-order chi connectivity index (χ0) is 19.3. The molecule has 2 saturated heterocycles. The van der Waals surface area contributed by atoms with Crippen LogP contribution in [0.2, 0.25) is 5.28 Å². The third-order valence-electron chi connectivity index (χ3n) is 5.90. The Balaban J connectivity index is 1.68. The van der Waals surface area contributed by atoms with Crippen LogP contribution in [0.4, 0.5) is 0 Å². The smallest absolute Gasteiger partial charge is 0.224 e. The maximum Gasteiger partial charge on any atom is 0.224 e. The van der Waals surface area contributed by atoms with Gasteiger partial charge in [0.25, 0.3) is 0 Å². The van der Waals surface area contributed by atoms with E-state index in [1.54, 1.807) is 6.20 Å². The minimum Gasteiger partial charge on any atom is -0.376 e. The molecule has 3 aliphatic rings. The molecule has 5 rings (SSSR count). The molecule has 8 nitrogen and oxygen atoms in total. The van der Waals surface area contributed by atoms with E-state index in [4.69, 9.17) is 25.8 Å². The standard InChI is InChI=1S/C19H26ClN5O3/c1-13-11-23(3-6-26-13)19(24-4-7-27-14(2)12-24)16-9-15-10-21-18(20)22-17(15)25(16)5-8-28-19/h9-10,13-14H,3-8,11-12H2,1-2H3. The predicted octanol–water partition coefficient (Wildman–Crippen LogP) is 1.67. The van der Waals surface area contributed by atoms with Gasteiger partial charge in [-0.3, -0.25) is 9.80 Å². The molecule has 3 aliphatic heterocycles. The fourth-order valence-corrected chi connectivity index (χ4v) is 4.89. The minimum absolute atomic E-state index is 0.154. The number of ether oxygens (including phenoxy) is 3. The van der Waals surface area contributed by atoms with Crippen LogP contribution < -0.4 is 0 Å². The van der Waals surface area contributed by atoms with E-state index in [1.807, 2.05) is 0 Å². The predicted molar refractivity (Wildman–Crippen MR) is 104 cm³/mol. The summed E-state index contributed by atoms with van der Waals surface area (Å²) in [7, 11) is 0. The van der Waals surface area contributed by atoms with Crippen molar-refractivity contribution in [2.45, 2.75) is 38.4 Å². The number of hydrogen-bond donors (Lipinski definition) is 0. The molecular formula is C19H26ClN5O3. The van der Waals surface area contributed by atoms with Crippen molar-refractivity contribution in [1.82, 2.24) is 24.3 Å². The van der Waals surface area contributed by atoms with Gasteiger partial charge in [0.05, 0.1) is 37.7 Å². The quantitative estimate of drug-likeness (QED) is 0.701. The first-order chi connectivity index (χ1) is 13.6. The van der Waals surface area contributed by atoms with Gasteiger partial charge in [-0.1, -0.05) is 0 Å². The van der Waals surface area contributed by atoms with E-state index in [9.17, 15) is 0 Å². The zero-order valence-electron chi connectivity index (χ0n) is 16.3. The van der Waals surface area contributed by atoms with E-state index >= 15 is 0 Å². The van der Waals surface area contributed by atoms with Crippen LogP contribution in [0.3, 0.4) is 0 Å². The van der Waals surface area contributed by atoms with Gasteiger partial charge in [0.15, 0.2) is 0 Å². The van der Waals surface area contributed by atoms with Gasteiger partial charge in [-0.05, 0) is 31.5 Å². The Hall–Kier alpha value is -1.29. The average Bonchev–Trinajstić information content (AvgIpc) is 3.06. The van der Waals surface area contributed by atoms with Crippen molar-refractivity contribution in [3.05, 3.63) is 23.2 Å². The maximum atomic E-state index is 6.67. The maximum absolute atomic E-state index is 6.67. The molecule has 28 heavy (non-hydrogen) atoms. The number of halogens is 1. The molecule has 2 atom stereocenters. The lowest BCUT2D eigenvalue weighted by molar-refractivity contribution is -0.302. The second-order valence-electron chi connectivity index (χ2n) is 7.81. The zero-order valence-corrected chi connectivity index (χ0v) is 17.1. The highest BCUT2D eigenvalue weighted by molar-refractivity contribution is 6.28. The highest BCUT2D eigenvalue weighted by Gasteiger charge is 2.51. The Bertz CT molecular complexity index is 853. The number of fused-ring (bicyclic) bond motifs is 3. The van der Waals surface area contributed by atoms with Crippen molar-refractivity contribution in [3.63, 3.8) is 0 Å². The first-order valence-corrected chi connectivity index (χ1v) is 10.4. The Kier molecular flexibility index (Phi) is 4.81. The molecule has 0 saturated carbocycles. The van der Waals surface area contributed by atoms with Crippen LogP contribution in [0.1, 0.15) is 19.5 Å². The summed E-state index contributed by atoms with van der Waals surface area (Å²) in [6, 6.07) is 2.16. The minimum atomic E-state index is -0.665. The summed E-state index contributed by atoms with van der Waals surface area (Å²) in [5.41, 5.74) is 1.96. The Morgan fingerprint density at radius 1 is 1.04 bits per heavy atom. The molecule has 9 heteroatoms. The van der Waals surface area contributed by atoms with Crippen molar-refractivity contribution >= 4 is 22.6 Å². The molecule has 0 aliphatic carbocycles. The second kappa shape index (κ2) is 7.19. The first kappa shape index (κ1) is 18.7. The summed E-state index contributed by atoms with van der Waals surface area (Å²) in [5, 5.41) is 1.25. The number of hydrogen-bond acceptors (Lipinski definition) is 7. The average molecular weight is 408 g/mol. The Morgan fingerprint density at radius 2 is 1.71 bits per heavy atom. The molecule has 0 N–H and O–H groups in total. The van der Waals surface area contributed by atoms with Crippen molar-refractivity contribution in [2.75, 3.05) is 46.0 Å². The molecule has 2 aromatic heterocycles. The SMILES string of the molecule is CC1CN(C2(N3CCOC(C)C3)OCCn3c2cc2cnc(Cl)nc23)CCO1. The third-order valence-corrected chi connectivity index (χ3v) is 6.08. The molecule has 2 aromatic rings. The van der Waals surface area contributed by atoms with Crippen LogP contribution in [0.15, 0.2) is 12.3 Å². The molecule has 0 spiro atoms. The van der Waals surface area contributed by atoms with Crippen LogP contribution in [0.25, 0.3) is 11.0 Å².